The third-order valence-electron chi connectivity index (χ3n) is 6.96. The molecule has 0 aliphatic carbocycles. The normalized spacial score (nSPS) is 13.8. The third-order valence-corrected chi connectivity index (χ3v) is 9.02. The van der Waals surface area contributed by atoms with Gasteiger partial charge in [-0.3, -0.25) is 9.10 Å². The van der Waals surface area contributed by atoms with Crippen LogP contribution in [-0.4, -0.2) is 51.9 Å². The SMILES string of the molecule is O=C(CCN(c1cc(Cl)cc(-c2ccccc2)c1)S(=O)(=O)c1ccc(F)cc1)N1CCN(c2ccccc2)CC1. The zero-order valence-electron chi connectivity index (χ0n) is 21.8. The molecule has 1 aliphatic heterocycles. The van der Waals surface area contributed by atoms with Crippen LogP contribution in [0, 0.1) is 5.82 Å². The number of piperazine rings is 1. The highest BCUT2D eigenvalue weighted by molar-refractivity contribution is 7.92. The summed E-state index contributed by atoms with van der Waals surface area (Å²) in [5.74, 6) is -0.665. The van der Waals surface area contributed by atoms with Crippen LogP contribution in [0.4, 0.5) is 15.8 Å². The second-order valence-corrected chi connectivity index (χ2v) is 11.8. The van der Waals surface area contributed by atoms with E-state index in [1.165, 1.54) is 16.4 Å². The number of hydrogen-bond donors (Lipinski definition) is 0. The van der Waals surface area contributed by atoms with Crippen LogP contribution in [0.25, 0.3) is 11.1 Å². The second kappa shape index (κ2) is 12.1. The second-order valence-electron chi connectivity index (χ2n) is 9.55. The molecule has 0 saturated carbocycles. The van der Waals surface area contributed by atoms with Crippen LogP contribution in [0.15, 0.2) is 108 Å². The highest BCUT2D eigenvalue weighted by Gasteiger charge is 2.28. The van der Waals surface area contributed by atoms with Crippen LogP contribution in [0.3, 0.4) is 0 Å². The molecule has 206 valence electrons. The summed E-state index contributed by atoms with van der Waals surface area (Å²) in [6.45, 7) is 2.40. The molecule has 0 spiro atoms. The van der Waals surface area contributed by atoms with E-state index < -0.39 is 15.8 Å². The number of halogens is 2. The fraction of sp³-hybridized carbons (Fsp3) is 0.194. The third kappa shape index (κ3) is 6.29. The van der Waals surface area contributed by atoms with Crippen molar-refractivity contribution in [3.8, 4) is 11.1 Å². The Morgan fingerprint density at radius 2 is 1.43 bits per heavy atom. The van der Waals surface area contributed by atoms with Crippen molar-refractivity contribution in [2.45, 2.75) is 11.3 Å². The van der Waals surface area contributed by atoms with Crippen molar-refractivity contribution >= 4 is 38.9 Å². The number of amides is 1. The van der Waals surface area contributed by atoms with E-state index in [2.05, 4.69) is 4.90 Å². The zero-order chi connectivity index (χ0) is 28.1. The average Bonchev–Trinajstić information content (AvgIpc) is 2.98. The summed E-state index contributed by atoms with van der Waals surface area (Å²) in [5, 5.41) is 0.360. The van der Waals surface area contributed by atoms with Crippen LogP contribution in [0.5, 0.6) is 0 Å². The number of anilines is 2. The highest BCUT2D eigenvalue weighted by Crippen LogP contribution is 2.32. The fourth-order valence-electron chi connectivity index (χ4n) is 4.85. The van der Waals surface area contributed by atoms with E-state index in [1.54, 1.807) is 23.1 Å². The molecule has 6 nitrogen and oxygen atoms in total. The number of nitrogens with zero attached hydrogens (tertiary/aromatic N) is 3. The minimum Gasteiger partial charge on any atom is -0.368 e. The zero-order valence-corrected chi connectivity index (χ0v) is 23.4. The van der Waals surface area contributed by atoms with Crippen molar-refractivity contribution < 1.29 is 17.6 Å². The number of carbonyl (C=O) groups is 1. The molecule has 1 amide bonds. The molecule has 1 fully saturated rings. The van der Waals surface area contributed by atoms with Gasteiger partial charge in [0.25, 0.3) is 10.0 Å². The Morgan fingerprint density at radius 1 is 0.800 bits per heavy atom. The Hall–Kier alpha value is -3.88. The van der Waals surface area contributed by atoms with Crippen molar-refractivity contribution in [1.82, 2.24) is 4.90 Å². The molecule has 0 aromatic heterocycles. The molecule has 1 saturated heterocycles. The molecule has 4 aromatic carbocycles. The van der Waals surface area contributed by atoms with E-state index in [-0.39, 0.29) is 23.8 Å². The van der Waals surface area contributed by atoms with Gasteiger partial charge in [0.05, 0.1) is 10.6 Å². The van der Waals surface area contributed by atoms with Gasteiger partial charge >= 0.3 is 0 Å². The summed E-state index contributed by atoms with van der Waals surface area (Å²) < 4.78 is 42.4. The lowest BCUT2D eigenvalue weighted by Crippen LogP contribution is -2.49. The van der Waals surface area contributed by atoms with Gasteiger partial charge in [-0.25, -0.2) is 12.8 Å². The maximum absolute atomic E-state index is 13.8. The molecule has 1 heterocycles. The van der Waals surface area contributed by atoms with E-state index in [0.717, 1.165) is 28.9 Å². The Kier molecular flexibility index (Phi) is 8.38. The first-order valence-corrected chi connectivity index (χ1v) is 14.9. The Morgan fingerprint density at radius 3 is 2.08 bits per heavy atom. The minimum atomic E-state index is -4.13. The lowest BCUT2D eigenvalue weighted by Gasteiger charge is -2.36. The van der Waals surface area contributed by atoms with Crippen LogP contribution in [0.2, 0.25) is 5.02 Å². The van der Waals surface area contributed by atoms with Gasteiger partial charge in [-0.05, 0) is 65.7 Å². The minimum absolute atomic E-state index is 0.0149. The van der Waals surface area contributed by atoms with E-state index in [4.69, 9.17) is 11.6 Å². The standard InChI is InChI=1S/C31H29ClFN3O3S/c32-26-21-25(24-7-3-1-4-8-24)22-29(23-26)36(40(38,39)30-13-11-27(33)12-14-30)16-15-31(37)35-19-17-34(18-20-35)28-9-5-2-6-10-28/h1-14,21-23H,15-20H2. The first kappa shape index (κ1) is 27.7. The number of carbonyl (C=O) groups excluding carboxylic acids is 1. The number of para-hydroxylation sites is 1. The summed E-state index contributed by atoms with van der Waals surface area (Å²) >= 11 is 6.46. The molecule has 1 aliphatic rings. The highest BCUT2D eigenvalue weighted by atomic mass is 35.5. The number of rotatable bonds is 8. The van der Waals surface area contributed by atoms with Crippen LogP contribution in [0.1, 0.15) is 6.42 Å². The van der Waals surface area contributed by atoms with Gasteiger partial charge in [0.15, 0.2) is 0 Å². The molecule has 0 bridgehead atoms. The molecule has 0 unspecified atom stereocenters. The van der Waals surface area contributed by atoms with Crippen molar-refractivity contribution in [2.24, 2.45) is 0 Å². The first-order chi connectivity index (χ1) is 19.3. The Labute approximate surface area is 239 Å². The van der Waals surface area contributed by atoms with Crippen LogP contribution >= 0.6 is 11.6 Å². The average molecular weight is 578 g/mol. The molecular formula is C31H29ClFN3O3S. The van der Waals surface area contributed by atoms with Crippen molar-refractivity contribution in [3.63, 3.8) is 0 Å². The maximum Gasteiger partial charge on any atom is 0.264 e. The Balaban J connectivity index is 1.38. The first-order valence-electron chi connectivity index (χ1n) is 13.0. The molecule has 40 heavy (non-hydrogen) atoms. The van der Waals surface area contributed by atoms with Gasteiger partial charge in [0, 0.05) is 49.9 Å². The van der Waals surface area contributed by atoms with Gasteiger partial charge in [0.2, 0.25) is 5.91 Å². The summed E-state index contributed by atoms with van der Waals surface area (Å²) in [5.41, 5.74) is 3.06. The van der Waals surface area contributed by atoms with E-state index in [0.29, 0.717) is 36.9 Å². The van der Waals surface area contributed by atoms with Gasteiger partial charge in [-0.1, -0.05) is 60.1 Å². The lowest BCUT2D eigenvalue weighted by atomic mass is 10.1. The van der Waals surface area contributed by atoms with Crippen molar-refractivity contribution in [1.29, 1.82) is 0 Å². The summed E-state index contributed by atoms with van der Waals surface area (Å²) in [4.78, 5) is 17.2. The molecule has 4 aromatic rings. The van der Waals surface area contributed by atoms with Gasteiger partial charge in [-0.15, -0.1) is 0 Å². The molecule has 9 heteroatoms. The molecule has 0 atom stereocenters. The summed E-state index contributed by atoms with van der Waals surface area (Å²) in [6, 6.07) is 29.3. The van der Waals surface area contributed by atoms with E-state index in [1.807, 2.05) is 60.7 Å². The van der Waals surface area contributed by atoms with E-state index >= 15 is 0 Å². The fourth-order valence-corrected chi connectivity index (χ4v) is 6.52. The number of benzene rings is 4. The largest absolute Gasteiger partial charge is 0.368 e. The molecular weight excluding hydrogens is 549 g/mol. The van der Waals surface area contributed by atoms with Gasteiger partial charge in [-0.2, -0.15) is 0 Å². The number of sulfonamides is 1. The predicted molar refractivity (Wildman–Crippen MR) is 158 cm³/mol. The molecule has 0 N–H and O–H groups in total. The molecule has 0 radical (unpaired) electrons. The van der Waals surface area contributed by atoms with Crippen molar-refractivity contribution in [3.05, 3.63) is 114 Å². The monoisotopic (exact) mass is 577 g/mol. The molecule has 5 rings (SSSR count). The van der Waals surface area contributed by atoms with Crippen LogP contribution in [-0.2, 0) is 14.8 Å². The lowest BCUT2D eigenvalue weighted by molar-refractivity contribution is -0.131. The van der Waals surface area contributed by atoms with Crippen molar-refractivity contribution in [2.75, 3.05) is 41.9 Å². The van der Waals surface area contributed by atoms with E-state index in [9.17, 15) is 17.6 Å². The number of hydrogen-bond acceptors (Lipinski definition) is 4. The predicted octanol–water partition coefficient (Wildman–Crippen LogP) is 6.08. The smallest absolute Gasteiger partial charge is 0.264 e. The van der Waals surface area contributed by atoms with Crippen LogP contribution < -0.4 is 9.21 Å². The van der Waals surface area contributed by atoms with Gasteiger partial charge in [0.1, 0.15) is 5.82 Å². The quantitative estimate of drug-likeness (QED) is 0.255. The van der Waals surface area contributed by atoms with Gasteiger partial charge < -0.3 is 9.80 Å². The Bertz CT molecular complexity index is 1560. The maximum atomic E-state index is 13.8. The summed E-state index contributed by atoms with van der Waals surface area (Å²) in [6.07, 6.45) is -0.0149. The topological polar surface area (TPSA) is 60.9 Å². The summed E-state index contributed by atoms with van der Waals surface area (Å²) in [7, 11) is -4.13.